The zero-order chi connectivity index (χ0) is 12.6. The highest BCUT2D eigenvalue weighted by Crippen LogP contribution is 2.24. The van der Waals surface area contributed by atoms with Gasteiger partial charge in [-0.15, -0.1) is 18.2 Å². The van der Waals surface area contributed by atoms with E-state index in [2.05, 4.69) is 23.5 Å². The highest BCUT2D eigenvalue weighted by Gasteiger charge is 2.39. The molecule has 0 saturated carbocycles. The molecule has 1 saturated heterocycles. The first-order valence-corrected chi connectivity index (χ1v) is 7.45. The zero-order valence-electron chi connectivity index (χ0n) is 10.6. The lowest BCUT2D eigenvalue weighted by molar-refractivity contribution is -0.127. The number of terminal acetylenes is 1. The minimum atomic E-state index is -0.300. The number of nitrogens with one attached hydrogen (secondary N) is 2. The van der Waals surface area contributed by atoms with Gasteiger partial charge in [0.05, 0.1) is 11.3 Å². The van der Waals surface area contributed by atoms with Crippen LogP contribution in [0.2, 0.25) is 0 Å². The topological polar surface area (TPSA) is 41.1 Å². The molecule has 0 radical (unpaired) electrons. The van der Waals surface area contributed by atoms with Crippen molar-refractivity contribution in [3.8, 4) is 12.3 Å². The summed E-state index contributed by atoms with van der Waals surface area (Å²) in [5.74, 6) is 4.35. The van der Waals surface area contributed by atoms with Gasteiger partial charge in [0.25, 0.3) is 0 Å². The molecular formula is C13H22N2OS. The summed E-state index contributed by atoms with van der Waals surface area (Å²) < 4.78 is 0. The van der Waals surface area contributed by atoms with E-state index in [0.29, 0.717) is 12.3 Å². The Balaban J connectivity index is 2.31. The summed E-state index contributed by atoms with van der Waals surface area (Å²) in [5.41, 5.74) is -0.300. The van der Waals surface area contributed by atoms with E-state index in [1.807, 2.05) is 0 Å². The van der Waals surface area contributed by atoms with E-state index in [9.17, 15) is 4.79 Å². The van der Waals surface area contributed by atoms with Crippen molar-refractivity contribution in [3.63, 3.8) is 0 Å². The van der Waals surface area contributed by atoms with Crippen LogP contribution in [0.3, 0.4) is 0 Å². The Morgan fingerprint density at radius 3 is 3.06 bits per heavy atom. The van der Waals surface area contributed by atoms with Crippen LogP contribution in [-0.2, 0) is 4.79 Å². The lowest BCUT2D eigenvalue weighted by atomic mass is 9.91. The number of hydrogen-bond acceptors (Lipinski definition) is 3. The smallest absolute Gasteiger partial charge is 0.240 e. The van der Waals surface area contributed by atoms with Crippen molar-refractivity contribution in [2.24, 2.45) is 0 Å². The molecule has 0 bridgehead atoms. The van der Waals surface area contributed by atoms with Crippen LogP contribution in [0.1, 0.15) is 32.6 Å². The highest BCUT2D eigenvalue weighted by atomic mass is 32.2. The van der Waals surface area contributed by atoms with Gasteiger partial charge in [0.2, 0.25) is 5.91 Å². The number of rotatable bonds is 7. The first kappa shape index (κ1) is 14.4. The van der Waals surface area contributed by atoms with E-state index >= 15 is 0 Å². The van der Waals surface area contributed by atoms with Gasteiger partial charge in [-0.3, -0.25) is 4.79 Å². The molecule has 1 fully saturated rings. The average molecular weight is 254 g/mol. The minimum absolute atomic E-state index is 0.165. The molecule has 0 aromatic rings. The van der Waals surface area contributed by atoms with Crippen LogP contribution >= 0.6 is 11.8 Å². The fraction of sp³-hybridized carbons (Fsp3) is 0.769. The minimum Gasteiger partial charge on any atom is -0.354 e. The van der Waals surface area contributed by atoms with Gasteiger partial charge in [-0.25, -0.2) is 0 Å². The van der Waals surface area contributed by atoms with Crippen LogP contribution in [0.25, 0.3) is 0 Å². The van der Waals surface area contributed by atoms with Gasteiger partial charge < -0.3 is 10.6 Å². The largest absolute Gasteiger partial charge is 0.354 e. The Hall–Kier alpha value is -0.660. The summed E-state index contributed by atoms with van der Waals surface area (Å²) in [6.07, 6.45) is 9.18. The van der Waals surface area contributed by atoms with Crippen molar-refractivity contribution in [1.82, 2.24) is 10.6 Å². The SMILES string of the molecule is C#CCSCCNC(=O)C1(CCC)CCCN1. The van der Waals surface area contributed by atoms with Crippen molar-refractivity contribution < 1.29 is 4.79 Å². The third-order valence-electron chi connectivity index (χ3n) is 3.07. The van der Waals surface area contributed by atoms with E-state index in [1.165, 1.54) is 0 Å². The summed E-state index contributed by atoms with van der Waals surface area (Å²) in [6, 6.07) is 0. The standard InChI is InChI=1S/C13H22N2OS/c1-3-6-13(7-5-8-15-13)12(16)14-9-11-17-10-4-2/h2,15H,3,5-11H2,1H3,(H,14,16). The predicted octanol–water partition coefficient (Wildman–Crippen LogP) is 1.39. The molecule has 0 aromatic carbocycles. The van der Waals surface area contributed by atoms with Crippen LogP contribution in [-0.4, -0.2) is 36.0 Å². The van der Waals surface area contributed by atoms with E-state index in [-0.39, 0.29) is 11.4 Å². The van der Waals surface area contributed by atoms with Gasteiger partial charge in [-0.2, -0.15) is 0 Å². The quantitative estimate of drug-likeness (QED) is 0.533. The van der Waals surface area contributed by atoms with Crippen LogP contribution in [0.4, 0.5) is 0 Å². The average Bonchev–Trinajstić information content (AvgIpc) is 2.79. The Labute approximate surface area is 108 Å². The van der Waals surface area contributed by atoms with Crippen molar-refractivity contribution in [3.05, 3.63) is 0 Å². The fourth-order valence-corrected chi connectivity index (χ4v) is 2.80. The number of carbonyl (C=O) groups excluding carboxylic acids is 1. The van der Waals surface area contributed by atoms with Gasteiger partial charge in [0.15, 0.2) is 0 Å². The summed E-state index contributed by atoms with van der Waals surface area (Å²) in [5, 5.41) is 6.39. The van der Waals surface area contributed by atoms with Gasteiger partial charge in [-0.05, 0) is 25.8 Å². The summed E-state index contributed by atoms with van der Waals surface area (Å²) >= 11 is 1.68. The maximum atomic E-state index is 12.2. The summed E-state index contributed by atoms with van der Waals surface area (Å²) in [6.45, 7) is 3.79. The third kappa shape index (κ3) is 4.25. The molecular weight excluding hydrogens is 232 g/mol. The Morgan fingerprint density at radius 2 is 2.47 bits per heavy atom. The van der Waals surface area contributed by atoms with Gasteiger partial charge in [0, 0.05) is 12.3 Å². The molecule has 1 unspecified atom stereocenters. The molecule has 96 valence electrons. The molecule has 3 nitrogen and oxygen atoms in total. The molecule has 0 spiro atoms. The first-order valence-electron chi connectivity index (χ1n) is 6.30. The molecule has 1 heterocycles. The molecule has 0 aromatic heterocycles. The number of hydrogen-bond donors (Lipinski definition) is 2. The van der Waals surface area contributed by atoms with Crippen LogP contribution < -0.4 is 10.6 Å². The maximum absolute atomic E-state index is 12.2. The Kier molecular flexibility index (Phi) is 6.46. The van der Waals surface area contributed by atoms with E-state index in [0.717, 1.165) is 38.0 Å². The first-order chi connectivity index (χ1) is 8.25. The monoisotopic (exact) mass is 254 g/mol. The Morgan fingerprint density at radius 1 is 1.65 bits per heavy atom. The number of thioether (sulfide) groups is 1. The van der Waals surface area contributed by atoms with Gasteiger partial charge in [0.1, 0.15) is 0 Å². The van der Waals surface area contributed by atoms with Gasteiger partial charge >= 0.3 is 0 Å². The van der Waals surface area contributed by atoms with Crippen molar-refractivity contribution in [2.45, 2.75) is 38.1 Å². The summed E-state index contributed by atoms with van der Waals surface area (Å²) in [4.78, 5) is 12.2. The fourth-order valence-electron chi connectivity index (χ4n) is 2.29. The molecule has 4 heteroatoms. The normalized spacial score (nSPS) is 23.3. The second kappa shape index (κ2) is 7.62. The van der Waals surface area contributed by atoms with Crippen LogP contribution in [0.5, 0.6) is 0 Å². The van der Waals surface area contributed by atoms with E-state index in [4.69, 9.17) is 6.42 Å². The molecule has 1 aliphatic rings. The maximum Gasteiger partial charge on any atom is 0.240 e. The zero-order valence-corrected chi connectivity index (χ0v) is 11.4. The van der Waals surface area contributed by atoms with Crippen molar-refractivity contribution >= 4 is 17.7 Å². The van der Waals surface area contributed by atoms with E-state index in [1.54, 1.807) is 11.8 Å². The Bertz CT molecular complexity index is 280. The molecule has 1 atom stereocenters. The highest BCUT2D eigenvalue weighted by molar-refractivity contribution is 7.99. The molecule has 0 aliphatic carbocycles. The predicted molar refractivity (Wildman–Crippen MR) is 74.0 cm³/mol. The number of carbonyl (C=O) groups is 1. The van der Waals surface area contributed by atoms with Crippen LogP contribution in [0, 0.1) is 12.3 Å². The molecule has 1 aliphatic heterocycles. The molecule has 1 rings (SSSR count). The lowest BCUT2D eigenvalue weighted by Gasteiger charge is -2.27. The molecule has 2 N–H and O–H groups in total. The van der Waals surface area contributed by atoms with Crippen LogP contribution in [0.15, 0.2) is 0 Å². The van der Waals surface area contributed by atoms with Gasteiger partial charge in [-0.1, -0.05) is 19.3 Å². The molecule has 17 heavy (non-hydrogen) atoms. The lowest BCUT2D eigenvalue weighted by Crippen LogP contribution is -2.53. The second-order valence-electron chi connectivity index (χ2n) is 4.38. The van der Waals surface area contributed by atoms with Crippen molar-refractivity contribution in [2.75, 3.05) is 24.6 Å². The number of amides is 1. The van der Waals surface area contributed by atoms with E-state index < -0.39 is 0 Å². The summed E-state index contributed by atoms with van der Waals surface area (Å²) in [7, 11) is 0. The molecule has 1 amide bonds. The third-order valence-corrected chi connectivity index (χ3v) is 3.94. The second-order valence-corrected chi connectivity index (χ2v) is 5.48. The van der Waals surface area contributed by atoms with Crippen molar-refractivity contribution in [1.29, 1.82) is 0 Å².